The summed E-state index contributed by atoms with van der Waals surface area (Å²) in [6.45, 7) is 0. The van der Waals surface area contributed by atoms with Crippen molar-refractivity contribution in [2.45, 2.75) is 12.5 Å². The molecule has 2 aromatic rings. The zero-order valence-corrected chi connectivity index (χ0v) is 14.7. The van der Waals surface area contributed by atoms with Crippen LogP contribution in [-0.2, 0) is 11.3 Å². The number of anilines is 1. The second-order valence-corrected chi connectivity index (χ2v) is 6.80. The SMILES string of the molecule is CN(c1ccc(C2=NN(I)C(c3ccco3)C2)cc1)S(=O)[O-]. The van der Waals surface area contributed by atoms with Gasteiger partial charge in [-0.1, -0.05) is 12.1 Å². The summed E-state index contributed by atoms with van der Waals surface area (Å²) in [7, 11) is 1.50. The zero-order valence-electron chi connectivity index (χ0n) is 11.7. The first kappa shape index (κ1) is 15.5. The highest BCUT2D eigenvalue weighted by molar-refractivity contribution is 14.1. The minimum atomic E-state index is -2.27. The van der Waals surface area contributed by atoms with Crippen LogP contribution in [0.15, 0.2) is 52.2 Å². The van der Waals surface area contributed by atoms with Gasteiger partial charge in [-0.15, -0.1) is 0 Å². The molecule has 8 heteroatoms. The molecule has 0 spiro atoms. The maximum atomic E-state index is 10.9. The van der Waals surface area contributed by atoms with E-state index in [1.165, 1.54) is 11.4 Å². The summed E-state index contributed by atoms with van der Waals surface area (Å²) in [5, 5.41) is 4.55. The summed E-state index contributed by atoms with van der Waals surface area (Å²) in [6, 6.07) is 11.2. The van der Waals surface area contributed by atoms with Crippen LogP contribution in [0.4, 0.5) is 5.69 Å². The molecule has 22 heavy (non-hydrogen) atoms. The van der Waals surface area contributed by atoms with Gasteiger partial charge in [-0.2, -0.15) is 5.10 Å². The molecule has 1 aromatic heterocycles. The van der Waals surface area contributed by atoms with Crippen molar-refractivity contribution in [2.24, 2.45) is 5.10 Å². The summed E-state index contributed by atoms with van der Waals surface area (Å²) in [6.07, 6.45) is 2.41. The van der Waals surface area contributed by atoms with Crippen LogP contribution in [0, 0.1) is 0 Å². The van der Waals surface area contributed by atoms with Crippen LogP contribution in [0.25, 0.3) is 0 Å². The van der Waals surface area contributed by atoms with Crippen molar-refractivity contribution >= 4 is 45.5 Å². The number of nitrogens with zero attached hydrogens (tertiary/aromatic N) is 3. The molecule has 116 valence electrons. The Balaban J connectivity index is 1.78. The van der Waals surface area contributed by atoms with Crippen molar-refractivity contribution in [3.8, 4) is 0 Å². The molecule has 0 saturated carbocycles. The van der Waals surface area contributed by atoms with E-state index >= 15 is 0 Å². The Bertz CT molecular complexity index is 703. The third-order valence-corrected chi connectivity index (χ3v) is 5.07. The largest absolute Gasteiger partial charge is 0.755 e. The lowest BCUT2D eigenvalue weighted by molar-refractivity contribution is 0.369. The summed E-state index contributed by atoms with van der Waals surface area (Å²) < 4.78 is 30.4. The van der Waals surface area contributed by atoms with Crippen LogP contribution in [0.2, 0.25) is 0 Å². The number of hydrogen-bond donors (Lipinski definition) is 0. The van der Waals surface area contributed by atoms with E-state index < -0.39 is 11.3 Å². The lowest BCUT2D eigenvalue weighted by atomic mass is 10.0. The molecule has 2 heterocycles. The molecule has 0 radical (unpaired) electrons. The van der Waals surface area contributed by atoms with E-state index in [4.69, 9.17) is 4.42 Å². The second-order valence-electron chi connectivity index (χ2n) is 4.83. The van der Waals surface area contributed by atoms with Crippen LogP contribution in [0.5, 0.6) is 0 Å². The molecular formula is C14H13IN3O3S-. The first-order valence-electron chi connectivity index (χ1n) is 6.55. The fraction of sp³-hybridized carbons (Fsp3) is 0.214. The van der Waals surface area contributed by atoms with E-state index in [1.807, 2.05) is 27.5 Å². The zero-order chi connectivity index (χ0) is 15.7. The van der Waals surface area contributed by atoms with Crippen molar-refractivity contribution in [1.29, 1.82) is 0 Å². The molecule has 0 fully saturated rings. The summed E-state index contributed by atoms with van der Waals surface area (Å²) in [5.74, 6) is 0.881. The van der Waals surface area contributed by atoms with Crippen LogP contribution < -0.4 is 4.31 Å². The highest BCUT2D eigenvalue weighted by Crippen LogP contribution is 2.35. The quantitative estimate of drug-likeness (QED) is 0.425. The number of furan rings is 1. The lowest BCUT2D eigenvalue weighted by Crippen LogP contribution is -2.19. The Morgan fingerprint density at radius 1 is 1.41 bits per heavy atom. The smallest absolute Gasteiger partial charge is 0.129 e. The minimum absolute atomic E-state index is 0.0853. The fourth-order valence-corrected chi connectivity index (χ4v) is 3.32. The lowest BCUT2D eigenvalue weighted by Gasteiger charge is -2.21. The summed E-state index contributed by atoms with van der Waals surface area (Å²) >= 11 is -0.111. The van der Waals surface area contributed by atoms with Gasteiger partial charge in [-0.25, -0.2) is 3.22 Å². The Hall–Kier alpha value is -1.39. The monoisotopic (exact) mass is 430 g/mol. The van der Waals surface area contributed by atoms with Gasteiger partial charge in [0.1, 0.15) is 11.8 Å². The van der Waals surface area contributed by atoms with E-state index in [9.17, 15) is 8.76 Å². The van der Waals surface area contributed by atoms with Crippen LogP contribution in [0.1, 0.15) is 23.8 Å². The molecule has 3 rings (SSSR count). The Morgan fingerprint density at radius 2 is 2.14 bits per heavy atom. The normalized spacial score (nSPS) is 19.1. The van der Waals surface area contributed by atoms with Gasteiger partial charge in [-0.3, -0.25) is 4.21 Å². The highest BCUT2D eigenvalue weighted by atomic mass is 127. The minimum Gasteiger partial charge on any atom is -0.755 e. The Morgan fingerprint density at radius 3 is 2.73 bits per heavy atom. The van der Waals surface area contributed by atoms with Gasteiger partial charge in [0.2, 0.25) is 0 Å². The first-order valence-corrected chi connectivity index (χ1v) is 8.55. The average molecular weight is 430 g/mol. The fourth-order valence-electron chi connectivity index (χ4n) is 2.30. The number of halogens is 1. The molecule has 0 amide bonds. The number of hydrogen-bond acceptors (Lipinski definition) is 5. The van der Waals surface area contributed by atoms with E-state index in [0.717, 1.165) is 23.5 Å². The van der Waals surface area contributed by atoms with Crippen molar-refractivity contribution in [3.05, 3.63) is 54.0 Å². The van der Waals surface area contributed by atoms with Gasteiger partial charge in [0.05, 0.1) is 34.8 Å². The van der Waals surface area contributed by atoms with Gasteiger partial charge in [0.15, 0.2) is 0 Å². The van der Waals surface area contributed by atoms with Crippen molar-refractivity contribution in [2.75, 3.05) is 11.4 Å². The third-order valence-electron chi connectivity index (χ3n) is 3.52. The topological polar surface area (TPSA) is 72.1 Å². The van der Waals surface area contributed by atoms with E-state index in [1.54, 1.807) is 18.4 Å². The predicted molar refractivity (Wildman–Crippen MR) is 92.2 cm³/mol. The average Bonchev–Trinajstić information content (AvgIpc) is 3.15. The second kappa shape index (κ2) is 6.39. The van der Waals surface area contributed by atoms with Gasteiger partial charge in [0.25, 0.3) is 0 Å². The molecule has 1 aliphatic heterocycles. The van der Waals surface area contributed by atoms with Gasteiger partial charge < -0.3 is 13.3 Å². The number of rotatable bonds is 4. The molecule has 1 aliphatic rings. The molecule has 0 N–H and O–H groups in total. The Kier molecular flexibility index (Phi) is 4.50. The number of hydrazone groups is 1. The number of benzene rings is 1. The molecule has 1 aromatic carbocycles. The van der Waals surface area contributed by atoms with Crippen molar-refractivity contribution in [1.82, 2.24) is 3.22 Å². The molecular weight excluding hydrogens is 417 g/mol. The molecule has 0 saturated heterocycles. The van der Waals surface area contributed by atoms with E-state index in [2.05, 4.69) is 28.0 Å². The molecule has 2 atom stereocenters. The van der Waals surface area contributed by atoms with Gasteiger partial charge in [0, 0.05) is 30.4 Å². The standard InChI is InChI=1S/C14H14IN3O3S/c1-17(22(19)20)11-6-4-10(5-7-11)12-9-13(18(15)16-12)14-3-2-8-21-14/h2-8,13H,9H2,1H3,(H,19,20)/p-1. The first-order chi connectivity index (χ1) is 10.6. The third kappa shape index (κ3) is 3.03. The van der Waals surface area contributed by atoms with Crippen LogP contribution in [0.3, 0.4) is 0 Å². The molecule has 0 bridgehead atoms. The van der Waals surface area contributed by atoms with Crippen LogP contribution in [-0.4, -0.2) is 24.7 Å². The van der Waals surface area contributed by atoms with Gasteiger partial charge >= 0.3 is 0 Å². The maximum Gasteiger partial charge on any atom is 0.129 e. The molecule has 0 aliphatic carbocycles. The predicted octanol–water partition coefficient (Wildman–Crippen LogP) is 3.01. The summed E-state index contributed by atoms with van der Waals surface area (Å²) in [5.41, 5.74) is 2.54. The van der Waals surface area contributed by atoms with Crippen molar-refractivity contribution < 1.29 is 13.2 Å². The van der Waals surface area contributed by atoms with Crippen LogP contribution >= 0.6 is 22.9 Å². The molecule has 2 unspecified atom stereocenters. The van der Waals surface area contributed by atoms with E-state index in [0.29, 0.717) is 5.69 Å². The van der Waals surface area contributed by atoms with Gasteiger partial charge in [-0.05, 0) is 29.8 Å². The maximum absolute atomic E-state index is 10.9. The van der Waals surface area contributed by atoms with E-state index in [-0.39, 0.29) is 6.04 Å². The summed E-state index contributed by atoms with van der Waals surface area (Å²) in [4.78, 5) is 0. The highest BCUT2D eigenvalue weighted by Gasteiger charge is 2.29. The van der Waals surface area contributed by atoms with Crippen molar-refractivity contribution in [3.63, 3.8) is 0 Å². The molecule has 6 nitrogen and oxygen atoms in total. The Labute approximate surface area is 144 Å².